The van der Waals surface area contributed by atoms with Gasteiger partial charge in [-0.05, 0) is 37.5 Å². The summed E-state index contributed by atoms with van der Waals surface area (Å²) < 4.78 is 0. The fourth-order valence-corrected chi connectivity index (χ4v) is 3.66. The van der Waals surface area contributed by atoms with Crippen LogP contribution >= 0.6 is 0 Å². The van der Waals surface area contributed by atoms with Gasteiger partial charge < -0.3 is 0 Å². The monoisotopic (exact) mass is 340 g/mol. The molecule has 2 heteroatoms. The second-order valence-corrected chi connectivity index (χ2v) is 7.01. The van der Waals surface area contributed by atoms with Gasteiger partial charge in [-0.1, -0.05) is 78.4 Å². The number of pyridine rings is 1. The summed E-state index contributed by atoms with van der Waals surface area (Å²) in [5.74, 6) is 0. The Hall–Kier alpha value is -2.71. The van der Waals surface area contributed by atoms with E-state index in [1.165, 1.54) is 22.3 Å². The van der Waals surface area contributed by atoms with Gasteiger partial charge in [0, 0.05) is 5.56 Å². The van der Waals surface area contributed by atoms with Gasteiger partial charge in [0.05, 0.1) is 23.5 Å². The topological polar surface area (TPSA) is 24.9 Å². The van der Waals surface area contributed by atoms with E-state index in [4.69, 9.17) is 4.98 Å². The van der Waals surface area contributed by atoms with Crippen molar-refractivity contribution in [2.24, 2.45) is 0 Å². The van der Waals surface area contributed by atoms with E-state index in [2.05, 4.69) is 92.0 Å². The van der Waals surface area contributed by atoms with Crippen molar-refractivity contribution in [3.8, 4) is 11.3 Å². The van der Waals surface area contributed by atoms with Crippen LogP contribution in [0.3, 0.4) is 0 Å². The van der Waals surface area contributed by atoms with E-state index in [0.717, 1.165) is 17.8 Å². The summed E-state index contributed by atoms with van der Waals surface area (Å²) in [6, 6.07) is 25.9. The molecule has 2 aromatic carbocycles. The number of aryl methyl sites for hydroxylation is 1. The molecule has 1 aliphatic heterocycles. The van der Waals surface area contributed by atoms with Gasteiger partial charge in [-0.2, -0.15) is 0 Å². The number of rotatable bonds is 3. The first kappa shape index (κ1) is 16.7. The van der Waals surface area contributed by atoms with Crippen LogP contribution in [0.1, 0.15) is 42.2 Å². The quantitative estimate of drug-likeness (QED) is 0.611. The molecule has 3 aromatic rings. The molecule has 2 nitrogen and oxygen atoms in total. The number of nitrogens with one attached hydrogen (secondary N) is 1. The Kier molecular flexibility index (Phi) is 4.68. The first-order chi connectivity index (χ1) is 12.7. The third-order valence-corrected chi connectivity index (χ3v) is 5.15. The van der Waals surface area contributed by atoms with Gasteiger partial charge in [-0.3, -0.25) is 10.3 Å². The predicted molar refractivity (Wildman–Crippen MR) is 108 cm³/mol. The van der Waals surface area contributed by atoms with Gasteiger partial charge in [0.25, 0.3) is 0 Å². The zero-order valence-corrected chi connectivity index (χ0v) is 15.3. The van der Waals surface area contributed by atoms with Crippen molar-refractivity contribution in [3.05, 3.63) is 101 Å². The number of aromatic nitrogens is 1. The first-order valence-electron chi connectivity index (χ1n) is 9.23. The first-order valence-corrected chi connectivity index (χ1v) is 9.23. The second kappa shape index (κ2) is 7.27. The molecule has 2 heterocycles. The molecule has 0 fully saturated rings. The van der Waals surface area contributed by atoms with E-state index in [9.17, 15) is 0 Å². The Morgan fingerprint density at radius 3 is 2.27 bits per heavy atom. The van der Waals surface area contributed by atoms with Crippen LogP contribution in [0.25, 0.3) is 11.3 Å². The van der Waals surface area contributed by atoms with Crippen LogP contribution in [0.2, 0.25) is 0 Å². The Balaban J connectivity index is 1.66. The molecule has 0 saturated heterocycles. The summed E-state index contributed by atoms with van der Waals surface area (Å²) in [5, 5.41) is 3.80. The van der Waals surface area contributed by atoms with Gasteiger partial charge >= 0.3 is 0 Å². The maximum absolute atomic E-state index is 5.03. The molecule has 4 rings (SSSR count). The zero-order valence-electron chi connectivity index (χ0n) is 15.3. The number of hydrogen-bond donors (Lipinski definition) is 1. The zero-order chi connectivity index (χ0) is 17.9. The van der Waals surface area contributed by atoms with Gasteiger partial charge in [-0.25, -0.2) is 0 Å². The van der Waals surface area contributed by atoms with Gasteiger partial charge in [0.1, 0.15) is 0 Å². The summed E-state index contributed by atoms with van der Waals surface area (Å²) in [5.41, 5.74) is 7.26. The van der Waals surface area contributed by atoms with Gasteiger partial charge in [0.2, 0.25) is 0 Å². The standard InChI is InChI=1S/C24H24N2/c1-17-13-15-21(25-23(17)19-9-5-3-6-10-19)22-16-14-18(2)24(26-22)20-11-7-4-8-12-20/h3-15,22,24,26H,16H2,1-2H3/t22-,24+/m1/s1. The lowest BCUT2D eigenvalue weighted by atomic mass is 9.91. The molecule has 0 bridgehead atoms. The Morgan fingerprint density at radius 2 is 1.54 bits per heavy atom. The molecule has 0 unspecified atom stereocenters. The number of nitrogens with zero attached hydrogens (tertiary/aromatic N) is 1. The van der Waals surface area contributed by atoms with Crippen LogP contribution in [-0.4, -0.2) is 4.98 Å². The summed E-state index contributed by atoms with van der Waals surface area (Å²) in [7, 11) is 0. The normalized spacial score (nSPS) is 19.8. The molecule has 1 N–H and O–H groups in total. The second-order valence-electron chi connectivity index (χ2n) is 7.01. The maximum Gasteiger partial charge on any atom is 0.0735 e. The lowest BCUT2D eigenvalue weighted by molar-refractivity contribution is 0.450. The van der Waals surface area contributed by atoms with E-state index in [1.54, 1.807) is 0 Å². The fourth-order valence-electron chi connectivity index (χ4n) is 3.66. The molecule has 0 spiro atoms. The average Bonchev–Trinajstić information content (AvgIpc) is 2.70. The van der Waals surface area contributed by atoms with Crippen molar-refractivity contribution in [1.82, 2.24) is 10.3 Å². The molecule has 1 aliphatic rings. The molecule has 0 saturated carbocycles. The smallest absolute Gasteiger partial charge is 0.0735 e. The van der Waals surface area contributed by atoms with Crippen LogP contribution in [0.4, 0.5) is 0 Å². The van der Waals surface area contributed by atoms with Gasteiger partial charge in [-0.15, -0.1) is 0 Å². The van der Waals surface area contributed by atoms with Crippen molar-refractivity contribution in [1.29, 1.82) is 0 Å². The van der Waals surface area contributed by atoms with Crippen LogP contribution in [0.15, 0.2) is 84.4 Å². The highest BCUT2D eigenvalue weighted by atomic mass is 15.0. The predicted octanol–water partition coefficient (Wildman–Crippen LogP) is 5.78. The van der Waals surface area contributed by atoms with Crippen molar-refractivity contribution in [2.45, 2.75) is 32.4 Å². The van der Waals surface area contributed by atoms with Crippen LogP contribution in [-0.2, 0) is 0 Å². The Bertz CT molecular complexity index is 913. The summed E-state index contributed by atoms with van der Waals surface area (Å²) in [6.07, 6.45) is 3.32. The molecule has 1 aromatic heterocycles. The van der Waals surface area contributed by atoms with Crippen molar-refractivity contribution in [2.75, 3.05) is 0 Å². The summed E-state index contributed by atoms with van der Waals surface area (Å²) in [6.45, 7) is 4.34. The third-order valence-electron chi connectivity index (χ3n) is 5.15. The summed E-state index contributed by atoms with van der Waals surface area (Å²) >= 11 is 0. The highest BCUT2D eigenvalue weighted by Gasteiger charge is 2.24. The van der Waals surface area contributed by atoms with Crippen molar-refractivity contribution in [3.63, 3.8) is 0 Å². The van der Waals surface area contributed by atoms with E-state index < -0.39 is 0 Å². The van der Waals surface area contributed by atoms with Gasteiger partial charge in [0.15, 0.2) is 0 Å². The molecular weight excluding hydrogens is 316 g/mol. The minimum Gasteiger partial charge on any atom is -0.298 e. The fraction of sp³-hybridized carbons (Fsp3) is 0.208. The molecule has 0 radical (unpaired) electrons. The lowest BCUT2D eigenvalue weighted by Gasteiger charge is -2.31. The van der Waals surface area contributed by atoms with E-state index in [0.29, 0.717) is 0 Å². The van der Waals surface area contributed by atoms with Crippen LogP contribution in [0, 0.1) is 6.92 Å². The highest BCUT2D eigenvalue weighted by Crippen LogP contribution is 2.33. The molecule has 0 amide bonds. The summed E-state index contributed by atoms with van der Waals surface area (Å²) in [4.78, 5) is 5.03. The molecule has 130 valence electrons. The van der Waals surface area contributed by atoms with Crippen LogP contribution in [0.5, 0.6) is 0 Å². The number of benzene rings is 2. The van der Waals surface area contributed by atoms with Crippen molar-refractivity contribution < 1.29 is 0 Å². The van der Waals surface area contributed by atoms with E-state index in [1.807, 2.05) is 6.07 Å². The van der Waals surface area contributed by atoms with E-state index in [-0.39, 0.29) is 12.1 Å². The third kappa shape index (κ3) is 3.33. The number of hydrogen-bond acceptors (Lipinski definition) is 2. The van der Waals surface area contributed by atoms with E-state index >= 15 is 0 Å². The highest BCUT2D eigenvalue weighted by molar-refractivity contribution is 5.62. The van der Waals surface area contributed by atoms with Crippen molar-refractivity contribution >= 4 is 0 Å². The Labute approximate surface area is 155 Å². The molecule has 0 aliphatic carbocycles. The van der Waals surface area contributed by atoms with Crippen LogP contribution < -0.4 is 5.32 Å². The molecule has 2 atom stereocenters. The average molecular weight is 340 g/mol. The molecular formula is C24H24N2. The molecule has 26 heavy (non-hydrogen) atoms. The SMILES string of the molecule is CC1=CC[C@H](c2ccc(C)c(-c3ccccc3)n2)N[C@@H]1c1ccccc1. The lowest BCUT2D eigenvalue weighted by Crippen LogP contribution is -2.31. The minimum absolute atomic E-state index is 0.229. The largest absolute Gasteiger partial charge is 0.298 e. The Morgan fingerprint density at radius 1 is 0.846 bits per heavy atom. The minimum atomic E-state index is 0.229. The maximum atomic E-state index is 5.03.